The van der Waals surface area contributed by atoms with Gasteiger partial charge in [0.05, 0.1) is 6.61 Å². The third-order valence-electron chi connectivity index (χ3n) is 5.44. The third kappa shape index (κ3) is 13.4. The van der Waals surface area contributed by atoms with Gasteiger partial charge >= 0.3 is 11.9 Å². The molecule has 0 amide bonds. The fourth-order valence-electron chi connectivity index (χ4n) is 2.79. The largest absolute Gasteiger partial charge is 0.481 e. The summed E-state index contributed by atoms with van der Waals surface area (Å²) in [5, 5.41) is 12.2. The first kappa shape index (κ1) is 28.4. The molecule has 8 nitrogen and oxygen atoms in total. The lowest BCUT2D eigenvalue weighted by atomic mass is 9.83. The summed E-state index contributed by atoms with van der Waals surface area (Å²) in [4.78, 5) is 24.6. The molecule has 0 spiro atoms. The van der Waals surface area contributed by atoms with E-state index < -0.39 is 5.97 Å². The quantitative estimate of drug-likeness (QED) is 0.215. The van der Waals surface area contributed by atoms with E-state index in [1.165, 1.54) is 0 Å². The van der Waals surface area contributed by atoms with Gasteiger partial charge in [-0.2, -0.15) is 0 Å². The first-order chi connectivity index (χ1) is 13.0. The van der Waals surface area contributed by atoms with Crippen LogP contribution in [-0.2, 0) is 14.3 Å². The van der Waals surface area contributed by atoms with Gasteiger partial charge in [0.25, 0.3) is 0 Å². The van der Waals surface area contributed by atoms with Crippen molar-refractivity contribution in [1.29, 1.82) is 0 Å². The molecule has 4 atom stereocenters. The number of nitrogens with two attached hydrogens (primary N) is 1. The standard InChI is InChI=1S/C11H21N3O2.C9H19NO2/c1-5-16-11(15)6-10(7-13-14-12)9(4)8(2)3;1-6(2)7(3)8(5-10)4-9(11)12/h8-10H,5-7H2,1-4H3;6-8H,4-5,10H2,1-3H3,(H,11,12)/t9-,10+;7-,8+/m11/s1. The van der Waals surface area contributed by atoms with Gasteiger partial charge in [-0.1, -0.05) is 46.7 Å². The zero-order chi connectivity index (χ0) is 22.3. The van der Waals surface area contributed by atoms with E-state index in [2.05, 4.69) is 51.6 Å². The van der Waals surface area contributed by atoms with Crippen LogP contribution in [0.2, 0.25) is 0 Å². The summed E-state index contributed by atoms with van der Waals surface area (Å²) in [7, 11) is 0. The summed E-state index contributed by atoms with van der Waals surface area (Å²) in [6.45, 7) is 15.5. The highest BCUT2D eigenvalue weighted by Gasteiger charge is 2.23. The lowest BCUT2D eigenvalue weighted by Crippen LogP contribution is -2.27. The maximum Gasteiger partial charge on any atom is 0.306 e. The molecule has 0 bridgehead atoms. The molecular weight excluding hydrogens is 360 g/mol. The molecular formula is C20H40N4O4. The van der Waals surface area contributed by atoms with Gasteiger partial charge in [-0.05, 0) is 54.5 Å². The average molecular weight is 401 g/mol. The zero-order valence-corrected chi connectivity index (χ0v) is 18.6. The summed E-state index contributed by atoms with van der Waals surface area (Å²) in [6, 6.07) is 0. The Morgan fingerprint density at radius 2 is 1.54 bits per heavy atom. The Balaban J connectivity index is 0. The molecule has 0 rings (SSSR count). The Labute approximate surface area is 169 Å². The van der Waals surface area contributed by atoms with Crippen molar-refractivity contribution in [2.75, 3.05) is 19.7 Å². The minimum absolute atomic E-state index is 0.0648. The van der Waals surface area contributed by atoms with Crippen LogP contribution in [0.25, 0.3) is 10.4 Å². The van der Waals surface area contributed by atoms with Gasteiger partial charge in [-0.3, -0.25) is 9.59 Å². The molecule has 0 fully saturated rings. The van der Waals surface area contributed by atoms with Crippen LogP contribution < -0.4 is 5.73 Å². The maximum atomic E-state index is 11.4. The maximum absolute atomic E-state index is 11.4. The van der Waals surface area contributed by atoms with Crippen LogP contribution in [0.4, 0.5) is 0 Å². The molecule has 0 aliphatic rings. The van der Waals surface area contributed by atoms with E-state index in [-0.39, 0.29) is 24.2 Å². The van der Waals surface area contributed by atoms with Gasteiger partial charge < -0.3 is 15.6 Å². The van der Waals surface area contributed by atoms with Gasteiger partial charge in [0, 0.05) is 24.3 Å². The van der Waals surface area contributed by atoms with Crippen molar-refractivity contribution in [2.45, 2.75) is 61.3 Å². The molecule has 0 heterocycles. The van der Waals surface area contributed by atoms with E-state index in [1.54, 1.807) is 6.92 Å². The number of rotatable bonds is 12. The van der Waals surface area contributed by atoms with Crippen LogP contribution >= 0.6 is 0 Å². The third-order valence-corrected chi connectivity index (χ3v) is 5.44. The molecule has 0 saturated heterocycles. The second-order valence-corrected chi connectivity index (χ2v) is 7.98. The normalized spacial score (nSPS) is 14.9. The molecule has 0 aromatic heterocycles. The molecule has 0 saturated carbocycles. The first-order valence-corrected chi connectivity index (χ1v) is 10.1. The molecule has 8 heteroatoms. The monoisotopic (exact) mass is 400 g/mol. The van der Waals surface area contributed by atoms with E-state index in [0.717, 1.165) is 0 Å². The van der Waals surface area contributed by atoms with E-state index in [1.807, 2.05) is 0 Å². The number of carbonyl (C=O) groups excluding carboxylic acids is 1. The van der Waals surface area contributed by atoms with Crippen LogP contribution in [0.3, 0.4) is 0 Å². The number of ether oxygens (including phenoxy) is 1. The number of hydrogen-bond acceptors (Lipinski definition) is 5. The van der Waals surface area contributed by atoms with Crippen molar-refractivity contribution < 1.29 is 19.4 Å². The van der Waals surface area contributed by atoms with Crippen molar-refractivity contribution in [1.82, 2.24) is 0 Å². The highest BCUT2D eigenvalue weighted by Crippen LogP contribution is 2.24. The summed E-state index contributed by atoms with van der Waals surface area (Å²) < 4.78 is 4.91. The van der Waals surface area contributed by atoms with Crippen LogP contribution in [0.1, 0.15) is 61.3 Å². The number of carboxylic acid groups (broad SMARTS) is 1. The number of nitrogens with zero attached hydrogens (tertiary/aromatic N) is 3. The first-order valence-electron chi connectivity index (χ1n) is 10.1. The van der Waals surface area contributed by atoms with E-state index in [9.17, 15) is 9.59 Å². The number of aliphatic carboxylic acids is 1. The predicted molar refractivity (Wildman–Crippen MR) is 112 cm³/mol. The fourth-order valence-corrected chi connectivity index (χ4v) is 2.79. The Morgan fingerprint density at radius 3 is 1.89 bits per heavy atom. The summed E-state index contributed by atoms with van der Waals surface area (Å²) in [5.41, 5.74) is 13.8. The molecule has 164 valence electrons. The van der Waals surface area contributed by atoms with Gasteiger partial charge in [0.15, 0.2) is 0 Å². The van der Waals surface area contributed by atoms with Crippen molar-refractivity contribution in [3.8, 4) is 0 Å². The molecule has 0 aliphatic heterocycles. The number of esters is 1. The molecule has 0 radical (unpaired) electrons. The van der Waals surface area contributed by atoms with Crippen molar-refractivity contribution in [3.63, 3.8) is 0 Å². The summed E-state index contributed by atoms with van der Waals surface area (Å²) in [5.74, 6) is 0.871. The Bertz CT molecular complexity index is 491. The van der Waals surface area contributed by atoms with Crippen LogP contribution in [0.15, 0.2) is 5.11 Å². The van der Waals surface area contributed by atoms with Gasteiger partial charge in [0.1, 0.15) is 0 Å². The highest BCUT2D eigenvalue weighted by molar-refractivity contribution is 5.69. The minimum Gasteiger partial charge on any atom is -0.481 e. The smallest absolute Gasteiger partial charge is 0.306 e. The molecule has 28 heavy (non-hydrogen) atoms. The van der Waals surface area contributed by atoms with Crippen molar-refractivity contribution in [2.24, 2.45) is 46.4 Å². The van der Waals surface area contributed by atoms with Crippen molar-refractivity contribution >= 4 is 11.9 Å². The average Bonchev–Trinajstić information content (AvgIpc) is 2.62. The second-order valence-electron chi connectivity index (χ2n) is 7.98. The van der Waals surface area contributed by atoms with E-state index >= 15 is 0 Å². The lowest BCUT2D eigenvalue weighted by molar-refractivity contribution is -0.144. The zero-order valence-electron chi connectivity index (χ0n) is 18.6. The number of hydrogen-bond donors (Lipinski definition) is 2. The summed E-state index contributed by atoms with van der Waals surface area (Å²) >= 11 is 0. The SMILES string of the molecule is CC(C)[C@@H](C)[C@H](CN)CC(=O)O.CCOC(=O)C[C@@H](CN=[N+]=[N-])[C@H](C)C(C)C. The second kappa shape index (κ2) is 16.2. The fraction of sp³-hybridized carbons (Fsp3) is 0.900. The molecule has 0 unspecified atom stereocenters. The Hall–Kier alpha value is -1.79. The number of carboxylic acids is 1. The minimum atomic E-state index is -0.752. The van der Waals surface area contributed by atoms with Gasteiger partial charge in [-0.25, -0.2) is 0 Å². The van der Waals surface area contributed by atoms with Crippen LogP contribution in [0, 0.1) is 35.5 Å². The topological polar surface area (TPSA) is 138 Å². The molecule has 3 N–H and O–H groups in total. The van der Waals surface area contributed by atoms with Crippen LogP contribution in [-0.4, -0.2) is 36.7 Å². The van der Waals surface area contributed by atoms with Gasteiger partial charge in [-0.15, -0.1) is 0 Å². The number of carbonyl (C=O) groups is 2. The summed E-state index contributed by atoms with van der Waals surface area (Å²) in [6.07, 6.45) is 0.516. The molecule has 0 aromatic rings. The molecule has 0 aliphatic carbocycles. The van der Waals surface area contributed by atoms with Gasteiger partial charge in [0.2, 0.25) is 0 Å². The Morgan fingerprint density at radius 1 is 1.04 bits per heavy atom. The predicted octanol–water partition coefficient (Wildman–Crippen LogP) is 4.49. The van der Waals surface area contributed by atoms with Crippen molar-refractivity contribution in [3.05, 3.63) is 10.4 Å². The number of azide groups is 1. The molecule has 0 aromatic carbocycles. The van der Waals surface area contributed by atoms with E-state index in [4.69, 9.17) is 21.1 Å². The lowest BCUT2D eigenvalue weighted by Gasteiger charge is -2.24. The van der Waals surface area contributed by atoms with E-state index in [0.29, 0.717) is 49.8 Å². The Kier molecular flexibility index (Phi) is 16.4. The highest BCUT2D eigenvalue weighted by atomic mass is 16.5. The van der Waals surface area contributed by atoms with Crippen LogP contribution in [0.5, 0.6) is 0 Å².